The summed E-state index contributed by atoms with van der Waals surface area (Å²) < 4.78 is 4.87. The van der Waals surface area contributed by atoms with E-state index in [1.807, 2.05) is 79.7 Å². The third-order valence-corrected chi connectivity index (χ3v) is 5.12. The number of anilines is 2. The van der Waals surface area contributed by atoms with Crippen LogP contribution in [0.15, 0.2) is 85.1 Å². The van der Waals surface area contributed by atoms with Gasteiger partial charge in [-0.2, -0.15) is 0 Å². The molecule has 0 bridgehead atoms. The number of esters is 1. The standard InChI is InChI=1S/C27H29N3O3/c1-4-33-26(31)13-7-5-6-11-24(20-14-16-23(17-15-20)30(2)3)27(32)29-22-18-21-10-8-9-12-25(21)28-19-22/h5-10,12-19,24H,4,11H2,1-3H3,(H,29,32)/t24-/m0/s1. The topological polar surface area (TPSA) is 71.5 Å². The number of pyridine rings is 1. The number of aromatic nitrogens is 1. The summed E-state index contributed by atoms with van der Waals surface area (Å²) in [6, 6.07) is 17.6. The SMILES string of the molecule is CCOC(=O)C=CC=CC[C@H](C(=O)Nc1cnc2ccccc2c1)c1ccc(N(C)C)cc1. The Labute approximate surface area is 194 Å². The number of carbonyl (C=O) groups excluding carboxylic acids is 2. The zero-order chi connectivity index (χ0) is 23.6. The van der Waals surface area contributed by atoms with Crippen molar-refractivity contribution in [3.8, 4) is 0 Å². The second-order valence-electron chi connectivity index (χ2n) is 7.72. The summed E-state index contributed by atoms with van der Waals surface area (Å²) in [5.74, 6) is -0.914. The molecule has 170 valence electrons. The van der Waals surface area contributed by atoms with Crippen molar-refractivity contribution >= 4 is 34.2 Å². The van der Waals surface area contributed by atoms with Gasteiger partial charge in [0.05, 0.1) is 29.9 Å². The number of fused-ring (bicyclic) bond motifs is 1. The number of nitrogens with zero attached hydrogens (tertiary/aromatic N) is 2. The second-order valence-corrected chi connectivity index (χ2v) is 7.72. The molecule has 3 rings (SSSR count). The number of benzene rings is 2. The van der Waals surface area contributed by atoms with Gasteiger partial charge < -0.3 is 15.0 Å². The summed E-state index contributed by atoms with van der Waals surface area (Å²) in [5.41, 5.74) is 3.50. The Balaban J connectivity index is 1.78. The highest BCUT2D eigenvalue weighted by atomic mass is 16.5. The number of ether oxygens (including phenoxy) is 1. The Morgan fingerprint density at radius 1 is 1.09 bits per heavy atom. The quantitative estimate of drug-likeness (QED) is 0.283. The van der Waals surface area contributed by atoms with E-state index < -0.39 is 5.92 Å². The maximum atomic E-state index is 13.2. The van der Waals surface area contributed by atoms with Crippen LogP contribution in [0.1, 0.15) is 24.8 Å². The molecule has 2 aromatic carbocycles. The summed E-state index contributed by atoms with van der Waals surface area (Å²) in [6.07, 6.45) is 8.75. The van der Waals surface area contributed by atoms with E-state index >= 15 is 0 Å². The number of hydrogen-bond acceptors (Lipinski definition) is 5. The third kappa shape index (κ3) is 6.77. The van der Waals surface area contributed by atoms with E-state index in [2.05, 4.69) is 10.3 Å². The monoisotopic (exact) mass is 443 g/mol. The first-order chi connectivity index (χ1) is 16.0. The molecule has 0 radical (unpaired) electrons. The van der Waals surface area contributed by atoms with Crippen molar-refractivity contribution in [1.29, 1.82) is 0 Å². The molecular formula is C27H29N3O3. The lowest BCUT2D eigenvalue weighted by atomic mass is 9.94. The van der Waals surface area contributed by atoms with Gasteiger partial charge in [0, 0.05) is 31.2 Å². The zero-order valence-electron chi connectivity index (χ0n) is 19.2. The molecule has 0 aliphatic rings. The van der Waals surface area contributed by atoms with Gasteiger partial charge in [0.1, 0.15) is 0 Å². The maximum absolute atomic E-state index is 13.2. The van der Waals surface area contributed by atoms with E-state index in [0.29, 0.717) is 18.7 Å². The first-order valence-corrected chi connectivity index (χ1v) is 10.9. The van der Waals surface area contributed by atoms with Crippen molar-refractivity contribution in [3.05, 3.63) is 90.7 Å². The average Bonchev–Trinajstić information content (AvgIpc) is 2.81. The predicted molar refractivity (Wildman–Crippen MR) is 133 cm³/mol. The van der Waals surface area contributed by atoms with Gasteiger partial charge in [-0.25, -0.2) is 4.79 Å². The van der Waals surface area contributed by atoms with Crippen LogP contribution in [-0.2, 0) is 14.3 Å². The van der Waals surface area contributed by atoms with E-state index in [-0.39, 0.29) is 11.9 Å². The maximum Gasteiger partial charge on any atom is 0.330 e. The Hall–Kier alpha value is -3.93. The Kier molecular flexibility index (Phi) is 8.36. The lowest BCUT2D eigenvalue weighted by molar-refractivity contribution is -0.137. The minimum Gasteiger partial charge on any atom is -0.463 e. The minimum absolute atomic E-state index is 0.122. The first-order valence-electron chi connectivity index (χ1n) is 10.9. The van der Waals surface area contributed by atoms with Crippen LogP contribution in [-0.4, -0.2) is 37.6 Å². The van der Waals surface area contributed by atoms with Gasteiger partial charge in [-0.05, 0) is 43.2 Å². The van der Waals surface area contributed by atoms with E-state index in [9.17, 15) is 9.59 Å². The number of nitrogens with one attached hydrogen (secondary N) is 1. The summed E-state index contributed by atoms with van der Waals surface area (Å²) >= 11 is 0. The van der Waals surface area contributed by atoms with E-state index in [4.69, 9.17) is 4.74 Å². The molecule has 1 aromatic heterocycles. The zero-order valence-corrected chi connectivity index (χ0v) is 19.2. The summed E-state index contributed by atoms with van der Waals surface area (Å²) in [4.78, 5) is 31.1. The molecule has 0 unspecified atom stereocenters. The van der Waals surface area contributed by atoms with Crippen LogP contribution in [0.4, 0.5) is 11.4 Å². The normalized spacial score (nSPS) is 12.2. The van der Waals surface area contributed by atoms with Crippen LogP contribution in [0.5, 0.6) is 0 Å². The van der Waals surface area contributed by atoms with Crippen molar-refractivity contribution in [2.24, 2.45) is 0 Å². The van der Waals surface area contributed by atoms with E-state index in [1.165, 1.54) is 6.08 Å². The van der Waals surface area contributed by atoms with Crippen molar-refractivity contribution in [1.82, 2.24) is 4.98 Å². The van der Waals surface area contributed by atoms with Crippen molar-refractivity contribution in [3.63, 3.8) is 0 Å². The van der Waals surface area contributed by atoms with Crippen molar-refractivity contribution in [2.45, 2.75) is 19.3 Å². The Bertz CT molecular complexity index is 1150. The van der Waals surface area contributed by atoms with Gasteiger partial charge in [0.15, 0.2) is 0 Å². The minimum atomic E-state index is -0.403. The molecule has 0 aliphatic heterocycles. The predicted octanol–water partition coefficient (Wildman–Crippen LogP) is 5.09. The fourth-order valence-corrected chi connectivity index (χ4v) is 3.39. The van der Waals surface area contributed by atoms with Crippen LogP contribution in [0.2, 0.25) is 0 Å². The molecule has 1 atom stereocenters. The van der Waals surface area contributed by atoms with Gasteiger partial charge in [-0.1, -0.05) is 48.6 Å². The molecule has 3 aromatic rings. The van der Waals surface area contributed by atoms with Crippen LogP contribution in [0.25, 0.3) is 10.9 Å². The number of rotatable bonds is 9. The molecule has 1 heterocycles. The van der Waals surface area contributed by atoms with Gasteiger partial charge in [0.2, 0.25) is 5.91 Å². The lowest BCUT2D eigenvalue weighted by Crippen LogP contribution is -2.21. The summed E-state index contributed by atoms with van der Waals surface area (Å²) in [6.45, 7) is 2.10. The molecular weight excluding hydrogens is 414 g/mol. The van der Waals surface area contributed by atoms with Crippen LogP contribution < -0.4 is 10.2 Å². The van der Waals surface area contributed by atoms with Crippen LogP contribution >= 0.6 is 0 Å². The van der Waals surface area contributed by atoms with Crippen molar-refractivity contribution in [2.75, 3.05) is 30.9 Å². The van der Waals surface area contributed by atoms with Gasteiger partial charge in [0.25, 0.3) is 0 Å². The van der Waals surface area contributed by atoms with Gasteiger partial charge in [-0.3, -0.25) is 9.78 Å². The molecule has 6 heteroatoms. The molecule has 0 aliphatic carbocycles. The Morgan fingerprint density at radius 3 is 2.58 bits per heavy atom. The highest BCUT2D eigenvalue weighted by molar-refractivity contribution is 5.97. The van der Waals surface area contributed by atoms with Crippen molar-refractivity contribution < 1.29 is 14.3 Å². The molecule has 0 saturated carbocycles. The van der Waals surface area contributed by atoms with E-state index in [1.54, 1.807) is 25.3 Å². The average molecular weight is 444 g/mol. The first kappa shape index (κ1) is 23.7. The number of amides is 1. The number of carbonyl (C=O) groups is 2. The number of para-hydroxylation sites is 1. The van der Waals surface area contributed by atoms with Crippen LogP contribution in [0, 0.1) is 0 Å². The molecule has 0 saturated heterocycles. The highest BCUT2D eigenvalue weighted by Crippen LogP contribution is 2.25. The molecule has 1 amide bonds. The molecule has 0 spiro atoms. The fourth-order valence-electron chi connectivity index (χ4n) is 3.39. The largest absolute Gasteiger partial charge is 0.463 e. The number of hydrogen-bond donors (Lipinski definition) is 1. The third-order valence-electron chi connectivity index (χ3n) is 5.12. The molecule has 6 nitrogen and oxygen atoms in total. The summed E-state index contributed by atoms with van der Waals surface area (Å²) in [7, 11) is 3.95. The van der Waals surface area contributed by atoms with Gasteiger partial charge in [-0.15, -0.1) is 0 Å². The van der Waals surface area contributed by atoms with Crippen LogP contribution in [0.3, 0.4) is 0 Å². The van der Waals surface area contributed by atoms with Gasteiger partial charge >= 0.3 is 5.97 Å². The molecule has 1 N–H and O–H groups in total. The Morgan fingerprint density at radius 2 is 1.85 bits per heavy atom. The highest BCUT2D eigenvalue weighted by Gasteiger charge is 2.20. The number of allylic oxidation sites excluding steroid dienone is 3. The lowest BCUT2D eigenvalue weighted by Gasteiger charge is -2.18. The second kappa shape index (κ2) is 11.6. The summed E-state index contributed by atoms with van der Waals surface area (Å²) in [5, 5.41) is 3.97. The smallest absolute Gasteiger partial charge is 0.330 e. The fraction of sp³-hybridized carbons (Fsp3) is 0.222. The molecule has 33 heavy (non-hydrogen) atoms. The molecule has 0 fully saturated rings. The van der Waals surface area contributed by atoms with E-state index in [0.717, 1.165) is 22.2 Å².